The van der Waals surface area contributed by atoms with Crippen LogP contribution in [0.1, 0.15) is 48.0 Å². The number of hydrogen-bond donors (Lipinski definition) is 1. The third-order valence-electron chi connectivity index (χ3n) is 4.71. The quantitative estimate of drug-likeness (QED) is 0.696. The van der Waals surface area contributed by atoms with E-state index in [1.807, 2.05) is 20.8 Å². The number of piperazine rings is 1. The largest absolute Gasteiger partial charge is 0.467 e. The zero-order chi connectivity index (χ0) is 20.0. The molecule has 0 aromatic rings. The van der Waals surface area contributed by atoms with E-state index in [4.69, 9.17) is 9.47 Å². The van der Waals surface area contributed by atoms with Crippen LogP contribution in [0.25, 0.3) is 0 Å². The Bertz CT molecular complexity index is 591. The standard InChI is InChI=1S/C18H30N2O6/c1-17(2,3)13-14(22)20-10(15(23)25-7)8-12(21)11(20)9-19(13)16(24)26-18(4,5)6/h10-13,21H,8-9H2,1-7H3/t10-,11+,12+,13-/m0/s1. The molecule has 148 valence electrons. The van der Waals surface area contributed by atoms with Gasteiger partial charge in [0.25, 0.3) is 0 Å². The van der Waals surface area contributed by atoms with Gasteiger partial charge in [0.05, 0.1) is 19.3 Å². The molecule has 2 aliphatic rings. The molecular formula is C18H30N2O6. The highest BCUT2D eigenvalue weighted by Gasteiger charge is 2.57. The minimum Gasteiger partial charge on any atom is -0.467 e. The van der Waals surface area contributed by atoms with Gasteiger partial charge >= 0.3 is 12.1 Å². The van der Waals surface area contributed by atoms with Gasteiger partial charge in [0.1, 0.15) is 17.7 Å². The Morgan fingerprint density at radius 3 is 2.19 bits per heavy atom. The van der Waals surface area contributed by atoms with Gasteiger partial charge in [-0.3, -0.25) is 9.69 Å². The van der Waals surface area contributed by atoms with Gasteiger partial charge in [0, 0.05) is 13.0 Å². The highest BCUT2D eigenvalue weighted by atomic mass is 16.6. The van der Waals surface area contributed by atoms with Crippen LogP contribution in [0.3, 0.4) is 0 Å². The van der Waals surface area contributed by atoms with E-state index in [9.17, 15) is 19.5 Å². The van der Waals surface area contributed by atoms with Crippen LogP contribution in [0.4, 0.5) is 4.79 Å². The van der Waals surface area contributed by atoms with Crippen molar-refractivity contribution in [2.24, 2.45) is 5.41 Å². The molecule has 0 spiro atoms. The van der Waals surface area contributed by atoms with Crippen molar-refractivity contribution in [3.05, 3.63) is 0 Å². The van der Waals surface area contributed by atoms with Crippen LogP contribution >= 0.6 is 0 Å². The predicted octanol–water partition coefficient (Wildman–Crippen LogP) is 1.16. The van der Waals surface area contributed by atoms with Crippen LogP contribution in [0.15, 0.2) is 0 Å². The normalized spacial score (nSPS) is 29.5. The summed E-state index contributed by atoms with van der Waals surface area (Å²) >= 11 is 0. The van der Waals surface area contributed by atoms with Crippen molar-refractivity contribution in [2.75, 3.05) is 13.7 Å². The zero-order valence-electron chi connectivity index (χ0n) is 16.6. The first-order chi connectivity index (χ1) is 11.8. The molecule has 2 saturated heterocycles. The molecule has 2 rings (SSSR count). The second-order valence-electron chi connectivity index (χ2n) is 9.06. The number of amides is 2. The zero-order valence-corrected chi connectivity index (χ0v) is 16.6. The van der Waals surface area contributed by atoms with E-state index in [2.05, 4.69) is 0 Å². The van der Waals surface area contributed by atoms with E-state index in [1.165, 1.54) is 16.9 Å². The summed E-state index contributed by atoms with van der Waals surface area (Å²) in [7, 11) is 1.25. The Morgan fingerprint density at radius 1 is 1.15 bits per heavy atom. The van der Waals surface area contributed by atoms with Crippen LogP contribution in [0.5, 0.6) is 0 Å². The fraction of sp³-hybridized carbons (Fsp3) is 0.833. The molecule has 4 atom stereocenters. The lowest BCUT2D eigenvalue weighted by atomic mass is 9.82. The maximum absolute atomic E-state index is 13.3. The van der Waals surface area contributed by atoms with E-state index >= 15 is 0 Å². The summed E-state index contributed by atoms with van der Waals surface area (Å²) in [6, 6.07) is -2.29. The third kappa shape index (κ3) is 3.79. The van der Waals surface area contributed by atoms with Crippen molar-refractivity contribution >= 4 is 18.0 Å². The lowest BCUT2D eigenvalue weighted by Gasteiger charge is -2.48. The van der Waals surface area contributed by atoms with Crippen molar-refractivity contribution in [1.29, 1.82) is 0 Å². The average Bonchev–Trinajstić information content (AvgIpc) is 2.80. The molecule has 2 aliphatic heterocycles. The van der Waals surface area contributed by atoms with Crippen molar-refractivity contribution in [1.82, 2.24) is 9.80 Å². The fourth-order valence-electron chi connectivity index (χ4n) is 3.71. The maximum atomic E-state index is 13.3. The van der Waals surface area contributed by atoms with Crippen LogP contribution in [0, 0.1) is 5.41 Å². The monoisotopic (exact) mass is 370 g/mol. The molecule has 0 aromatic carbocycles. The Morgan fingerprint density at radius 2 is 1.73 bits per heavy atom. The van der Waals surface area contributed by atoms with Crippen LogP contribution in [-0.2, 0) is 19.1 Å². The first kappa shape index (κ1) is 20.5. The molecule has 2 amide bonds. The van der Waals surface area contributed by atoms with Gasteiger partial charge in [-0.05, 0) is 26.2 Å². The van der Waals surface area contributed by atoms with E-state index in [0.717, 1.165) is 0 Å². The van der Waals surface area contributed by atoms with Gasteiger partial charge in [-0.15, -0.1) is 0 Å². The molecule has 2 heterocycles. The molecule has 0 saturated carbocycles. The Labute approximate surface area is 154 Å². The van der Waals surface area contributed by atoms with Gasteiger partial charge in [-0.25, -0.2) is 9.59 Å². The lowest BCUT2D eigenvalue weighted by molar-refractivity contribution is -0.161. The van der Waals surface area contributed by atoms with E-state index in [1.54, 1.807) is 20.8 Å². The number of esters is 1. The lowest BCUT2D eigenvalue weighted by Crippen LogP contribution is -2.68. The van der Waals surface area contributed by atoms with Gasteiger partial charge in [0.15, 0.2) is 0 Å². The highest BCUT2D eigenvalue weighted by Crippen LogP contribution is 2.37. The van der Waals surface area contributed by atoms with Gasteiger partial charge in [0.2, 0.25) is 5.91 Å². The summed E-state index contributed by atoms with van der Waals surface area (Å²) in [4.78, 5) is 40.9. The number of aliphatic hydroxyl groups excluding tert-OH is 1. The van der Waals surface area contributed by atoms with E-state index < -0.39 is 47.3 Å². The molecule has 0 radical (unpaired) electrons. The molecule has 0 unspecified atom stereocenters. The number of hydrogen-bond acceptors (Lipinski definition) is 6. The predicted molar refractivity (Wildman–Crippen MR) is 93.2 cm³/mol. The molecule has 8 nitrogen and oxygen atoms in total. The number of rotatable bonds is 1. The van der Waals surface area contributed by atoms with Crippen LogP contribution < -0.4 is 0 Å². The SMILES string of the molecule is COC(=O)[C@@H]1C[C@@H](O)[C@H]2CN(C(=O)OC(C)(C)C)[C@H](C(C)(C)C)C(=O)N21. The summed E-state index contributed by atoms with van der Waals surface area (Å²) in [5.41, 5.74) is -1.28. The minimum absolute atomic E-state index is 0.0993. The van der Waals surface area contributed by atoms with Gasteiger partial charge in [-0.2, -0.15) is 0 Å². The number of nitrogens with zero attached hydrogens (tertiary/aromatic N) is 2. The number of ether oxygens (including phenoxy) is 2. The number of methoxy groups -OCH3 is 1. The molecule has 0 aromatic heterocycles. The molecule has 0 bridgehead atoms. The third-order valence-corrected chi connectivity index (χ3v) is 4.71. The average molecular weight is 370 g/mol. The number of carbonyl (C=O) groups excluding carboxylic acids is 3. The Hall–Kier alpha value is -1.83. The first-order valence-electron chi connectivity index (χ1n) is 8.85. The van der Waals surface area contributed by atoms with E-state index in [-0.39, 0.29) is 18.9 Å². The summed E-state index contributed by atoms with van der Waals surface area (Å²) < 4.78 is 10.3. The second-order valence-corrected chi connectivity index (χ2v) is 9.06. The van der Waals surface area contributed by atoms with Crippen molar-refractivity contribution in [2.45, 2.75) is 77.8 Å². The summed E-state index contributed by atoms with van der Waals surface area (Å²) in [5.74, 6) is -0.926. The number of aliphatic hydroxyl groups is 1. The number of carbonyl (C=O) groups is 3. The van der Waals surface area contributed by atoms with Crippen molar-refractivity contribution in [3.63, 3.8) is 0 Å². The molecule has 0 aliphatic carbocycles. The molecule has 26 heavy (non-hydrogen) atoms. The first-order valence-corrected chi connectivity index (χ1v) is 8.85. The maximum Gasteiger partial charge on any atom is 0.411 e. The van der Waals surface area contributed by atoms with Crippen LogP contribution in [0.2, 0.25) is 0 Å². The summed E-state index contributed by atoms with van der Waals surface area (Å²) in [6.07, 6.45) is -1.41. The number of fused-ring (bicyclic) bond motifs is 1. The molecular weight excluding hydrogens is 340 g/mol. The molecule has 2 fully saturated rings. The second kappa shape index (κ2) is 6.72. The fourth-order valence-corrected chi connectivity index (χ4v) is 3.71. The molecule has 1 N–H and O–H groups in total. The molecule has 8 heteroatoms. The highest BCUT2D eigenvalue weighted by molar-refractivity contribution is 5.92. The summed E-state index contributed by atoms with van der Waals surface area (Å²) in [5, 5.41) is 10.4. The van der Waals surface area contributed by atoms with Gasteiger partial charge in [-0.1, -0.05) is 20.8 Å². The van der Waals surface area contributed by atoms with Crippen molar-refractivity contribution in [3.8, 4) is 0 Å². The Kier molecular flexibility index (Phi) is 5.29. The van der Waals surface area contributed by atoms with Crippen molar-refractivity contribution < 1.29 is 29.0 Å². The Balaban J connectivity index is 2.40. The smallest absolute Gasteiger partial charge is 0.411 e. The van der Waals surface area contributed by atoms with Crippen LogP contribution in [-0.4, -0.2) is 76.4 Å². The van der Waals surface area contributed by atoms with Gasteiger partial charge < -0.3 is 19.5 Å². The minimum atomic E-state index is -0.908. The summed E-state index contributed by atoms with van der Waals surface area (Å²) in [6.45, 7) is 10.9. The van der Waals surface area contributed by atoms with E-state index in [0.29, 0.717) is 0 Å². The topological polar surface area (TPSA) is 96.4 Å².